The Balaban J connectivity index is 1.97. The topological polar surface area (TPSA) is 12.5 Å². The molecule has 0 atom stereocenters. The highest BCUT2D eigenvalue weighted by Gasteiger charge is 2.44. The van der Waals surface area contributed by atoms with Crippen LogP contribution in [-0.4, -0.2) is 36.7 Å². The van der Waals surface area contributed by atoms with Crippen molar-refractivity contribution in [2.75, 3.05) is 26.3 Å². The van der Waals surface area contributed by atoms with Gasteiger partial charge in [-0.3, -0.25) is 4.90 Å². The Morgan fingerprint density at radius 1 is 1.27 bits per heavy atom. The molecule has 0 amide bonds. The van der Waals surface area contributed by atoms with Crippen molar-refractivity contribution in [3.05, 3.63) is 0 Å². The third kappa shape index (κ3) is 1.09. The highest BCUT2D eigenvalue weighted by Crippen LogP contribution is 2.38. The average molecular weight is 155 g/mol. The fourth-order valence-corrected chi connectivity index (χ4v) is 2.40. The molecule has 0 saturated carbocycles. The van der Waals surface area contributed by atoms with Gasteiger partial charge in [-0.05, 0) is 25.8 Å². The minimum absolute atomic E-state index is 0.576. The van der Waals surface area contributed by atoms with Gasteiger partial charge in [0, 0.05) is 25.3 Å². The van der Waals surface area contributed by atoms with Gasteiger partial charge in [0.05, 0.1) is 0 Å². The first-order chi connectivity index (χ1) is 5.37. The molecule has 64 valence electrons. The minimum atomic E-state index is 0.576. The van der Waals surface area contributed by atoms with Crippen LogP contribution >= 0.6 is 0 Å². The Morgan fingerprint density at radius 2 is 2.00 bits per heavy atom. The van der Waals surface area contributed by atoms with Crippen molar-refractivity contribution in [1.29, 1.82) is 0 Å². The van der Waals surface area contributed by atoms with Crippen LogP contribution in [0, 0.1) is 0 Å². The molecule has 0 radical (unpaired) electrons. The van der Waals surface area contributed by atoms with Gasteiger partial charge in [0.2, 0.25) is 0 Å². The van der Waals surface area contributed by atoms with E-state index in [1.54, 1.807) is 0 Å². The third-order valence-electron chi connectivity index (χ3n) is 3.32. The molecule has 2 fully saturated rings. The van der Waals surface area contributed by atoms with E-state index < -0.39 is 0 Å². The van der Waals surface area contributed by atoms with Gasteiger partial charge in [-0.15, -0.1) is 0 Å². The van der Waals surface area contributed by atoms with Gasteiger partial charge >= 0.3 is 0 Å². The number of nitrogens with zero attached hydrogens (tertiary/aromatic N) is 1. The van der Waals surface area contributed by atoms with E-state index in [0.717, 1.165) is 13.2 Å². The van der Waals surface area contributed by atoms with E-state index in [4.69, 9.17) is 4.74 Å². The maximum Gasteiger partial charge on any atom is 0.0483 e. The quantitative estimate of drug-likeness (QED) is 0.565. The lowest BCUT2D eigenvalue weighted by molar-refractivity contribution is -0.0867. The van der Waals surface area contributed by atoms with Crippen molar-refractivity contribution in [1.82, 2.24) is 4.90 Å². The maximum absolute atomic E-state index is 5.37. The summed E-state index contributed by atoms with van der Waals surface area (Å²) < 4.78 is 5.37. The molecule has 2 aliphatic heterocycles. The fourth-order valence-electron chi connectivity index (χ4n) is 2.40. The summed E-state index contributed by atoms with van der Waals surface area (Å²) in [4.78, 5) is 2.61. The molecule has 2 nitrogen and oxygen atoms in total. The second-order valence-corrected chi connectivity index (χ2v) is 3.67. The number of likely N-dealkylation sites (tertiary alicyclic amines) is 1. The zero-order chi connectivity index (χ0) is 7.73. The van der Waals surface area contributed by atoms with Crippen LogP contribution in [0.15, 0.2) is 0 Å². The summed E-state index contributed by atoms with van der Waals surface area (Å²) in [5.41, 5.74) is 0.576. The van der Waals surface area contributed by atoms with E-state index in [9.17, 15) is 0 Å². The van der Waals surface area contributed by atoms with E-state index in [1.807, 2.05) is 0 Å². The van der Waals surface area contributed by atoms with Gasteiger partial charge in [0.25, 0.3) is 0 Å². The Bertz CT molecular complexity index is 138. The van der Waals surface area contributed by atoms with Crippen molar-refractivity contribution in [3.63, 3.8) is 0 Å². The summed E-state index contributed by atoms with van der Waals surface area (Å²) in [6, 6.07) is 0. The molecule has 2 heterocycles. The van der Waals surface area contributed by atoms with Crippen LogP contribution in [0.3, 0.4) is 0 Å². The lowest BCUT2D eigenvalue weighted by Gasteiger charge is -2.54. The molecular formula is C9H17NO. The molecule has 0 aliphatic carbocycles. The van der Waals surface area contributed by atoms with E-state index in [1.165, 1.54) is 32.4 Å². The van der Waals surface area contributed by atoms with Crippen molar-refractivity contribution in [2.45, 2.75) is 31.7 Å². The number of ether oxygens (including phenoxy) is 1. The molecule has 11 heavy (non-hydrogen) atoms. The Labute approximate surface area is 68.5 Å². The summed E-state index contributed by atoms with van der Waals surface area (Å²) in [6.45, 7) is 6.76. The normalized spacial score (nSPS) is 30.3. The molecule has 0 bridgehead atoms. The predicted octanol–water partition coefficient (Wildman–Crippen LogP) is 1.26. The summed E-state index contributed by atoms with van der Waals surface area (Å²) in [5.74, 6) is 0. The van der Waals surface area contributed by atoms with Crippen LogP contribution in [0.5, 0.6) is 0 Å². The van der Waals surface area contributed by atoms with E-state index in [0.29, 0.717) is 5.54 Å². The molecule has 2 aliphatic rings. The van der Waals surface area contributed by atoms with Crippen molar-refractivity contribution < 1.29 is 4.74 Å². The molecule has 0 aromatic rings. The van der Waals surface area contributed by atoms with Crippen LogP contribution in [-0.2, 0) is 4.74 Å². The first-order valence-corrected chi connectivity index (χ1v) is 4.70. The standard InChI is InChI=1S/C9H17NO/c1-2-10-6-3-9(10)4-7-11-8-5-9/h2-8H2,1H3. The average Bonchev–Trinajstić information content (AvgIpc) is 2.05. The number of rotatable bonds is 1. The number of hydrogen-bond acceptors (Lipinski definition) is 2. The number of hydrogen-bond donors (Lipinski definition) is 0. The highest BCUT2D eigenvalue weighted by molar-refractivity contribution is 5.00. The highest BCUT2D eigenvalue weighted by atomic mass is 16.5. The monoisotopic (exact) mass is 155 g/mol. The van der Waals surface area contributed by atoms with Gasteiger partial charge < -0.3 is 4.74 Å². The fraction of sp³-hybridized carbons (Fsp3) is 1.00. The van der Waals surface area contributed by atoms with E-state index in [2.05, 4.69) is 11.8 Å². The maximum atomic E-state index is 5.37. The third-order valence-corrected chi connectivity index (χ3v) is 3.32. The molecule has 1 spiro atoms. The molecular weight excluding hydrogens is 138 g/mol. The van der Waals surface area contributed by atoms with Crippen LogP contribution in [0.25, 0.3) is 0 Å². The Kier molecular flexibility index (Phi) is 1.90. The second kappa shape index (κ2) is 2.76. The Morgan fingerprint density at radius 3 is 2.45 bits per heavy atom. The summed E-state index contributed by atoms with van der Waals surface area (Å²) in [5, 5.41) is 0. The second-order valence-electron chi connectivity index (χ2n) is 3.67. The molecule has 2 heteroatoms. The largest absolute Gasteiger partial charge is 0.381 e. The molecule has 0 aromatic carbocycles. The SMILES string of the molecule is CCN1CCC12CCOCC2. The molecule has 0 aromatic heterocycles. The van der Waals surface area contributed by atoms with Crippen molar-refractivity contribution in [3.8, 4) is 0 Å². The van der Waals surface area contributed by atoms with Gasteiger partial charge in [0.15, 0.2) is 0 Å². The lowest BCUT2D eigenvalue weighted by Crippen LogP contribution is -2.61. The van der Waals surface area contributed by atoms with Gasteiger partial charge in [0.1, 0.15) is 0 Å². The molecule has 0 unspecified atom stereocenters. The van der Waals surface area contributed by atoms with Crippen LogP contribution < -0.4 is 0 Å². The summed E-state index contributed by atoms with van der Waals surface area (Å²) in [7, 11) is 0. The van der Waals surface area contributed by atoms with Gasteiger partial charge in [-0.25, -0.2) is 0 Å². The summed E-state index contributed by atoms with van der Waals surface area (Å²) >= 11 is 0. The van der Waals surface area contributed by atoms with E-state index in [-0.39, 0.29) is 0 Å². The van der Waals surface area contributed by atoms with E-state index >= 15 is 0 Å². The Hall–Kier alpha value is -0.0800. The zero-order valence-corrected chi connectivity index (χ0v) is 7.31. The molecule has 0 N–H and O–H groups in total. The predicted molar refractivity (Wildman–Crippen MR) is 44.6 cm³/mol. The van der Waals surface area contributed by atoms with Crippen molar-refractivity contribution >= 4 is 0 Å². The van der Waals surface area contributed by atoms with Crippen LogP contribution in [0.1, 0.15) is 26.2 Å². The minimum Gasteiger partial charge on any atom is -0.381 e. The van der Waals surface area contributed by atoms with Gasteiger partial charge in [-0.2, -0.15) is 0 Å². The zero-order valence-electron chi connectivity index (χ0n) is 7.31. The first kappa shape index (κ1) is 7.56. The van der Waals surface area contributed by atoms with Crippen LogP contribution in [0.4, 0.5) is 0 Å². The van der Waals surface area contributed by atoms with Gasteiger partial charge in [-0.1, -0.05) is 6.92 Å². The molecule has 2 rings (SSSR count). The van der Waals surface area contributed by atoms with Crippen LogP contribution in [0.2, 0.25) is 0 Å². The smallest absolute Gasteiger partial charge is 0.0483 e. The first-order valence-electron chi connectivity index (χ1n) is 4.70. The van der Waals surface area contributed by atoms with Crippen molar-refractivity contribution in [2.24, 2.45) is 0 Å². The lowest BCUT2D eigenvalue weighted by atomic mass is 9.78. The summed E-state index contributed by atoms with van der Waals surface area (Å²) in [6.07, 6.45) is 3.94. The molecule has 2 saturated heterocycles.